The number of nitrogens with two attached hydrogens (primary N) is 1. The number of nitrogens with zero attached hydrogens (tertiary/aromatic N) is 6. The van der Waals surface area contributed by atoms with E-state index in [-0.39, 0.29) is 5.69 Å². The summed E-state index contributed by atoms with van der Waals surface area (Å²) in [5, 5.41) is 15.3. The molecule has 0 saturated heterocycles. The van der Waals surface area contributed by atoms with Crippen LogP contribution in [0, 0.1) is 6.92 Å². The molecule has 0 radical (unpaired) electrons. The van der Waals surface area contributed by atoms with Crippen LogP contribution in [0.3, 0.4) is 0 Å². The number of carbonyl (C=O) groups is 1. The zero-order chi connectivity index (χ0) is 15.9. The minimum absolute atomic E-state index is 0.256. The maximum absolute atomic E-state index is 11.0. The standard InChI is InChI=1S/C12H12ClN7OS/c1-6-10(11(13)19(2)17-6)7-3-20(18-16-7)4-9-15-8(5-22-9)12(14)21/h3,5H,4H2,1-2H3,(H2,14,21). The Morgan fingerprint density at radius 1 is 1.50 bits per heavy atom. The molecule has 0 saturated carbocycles. The fraction of sp³-hybridized carbons (Fsp3) is 0.250. The van der Waals surface area contributed by atoms with E-state index in [0.717, 1.165) is 16.3 Å². The van der Waals surface area contributed by atoms with Gasteiger partial charge in [-0.25, -0.2) is 9.67 Å². The lowest BCUT2D eigenvalue weighted by Gasteiger charge is -1.95. The Bertz CT molecular complexity index is 850. The van der Waals surface area contributed by atoms with Crippen molar-refractivity contribution < 1.29 is 4.79 Å². The molecule has 10 heteroatoms. The van der Waals surface area contributed by atoms with Gasteiger partial charge in [0.25, 0.3) is 5.91 Å². The zero-order valence-electron chi connectivity index (χ0n) is 11.8. The maximum Gasteiger partial charge on any atom is 0.268 e. The molecule has 0 bridgehead atoms. The normalized spacial score (nSPS) is 11.0. The summed E-state index contributed by atoms with van der Waals surface area (Å²) in [4.78, 5) is 15.2. The highest BCUT2D eigenvalue weighted by molar-refractivity contribution is 7.09. The maximum atomic E-state index is 11.0. The molecule has 3 aromatic heterocycles. The molecule has 1 amide bonds. The Kier molecular flexibility index (Phi) is 3.67. The summed E-state index contributed by atoms with van der Waals surface area (Å²) in [6.07, 6.45) is 1.77. The van der Waals surface area contributed by atoms with E-state index in [2.05, 4.69) is 20.4 Å². The lowest BCUT2D eigenvalue weighted by Crippen LogP contribution is -2.11. The number of halogens is 1. The molecular formula is C12H12ClN7OS. The van der Waals surface area contributed by atoms with Gasteiger partial charge in [-0.15, -0.1) is 16.4 Å². The predicted octanol–water partition coefficient (Wildman–Crippen LogP) is 1.24. The minimum atomic E-state index is -0.542. The van der Waals surface area contributed by atoms with Crippen molar-refractivity contribution in [2.24, 2.45) is 12.8 Å². The van der Waals surface area contributed by atoms with Gasteiger partial charge in [-0.1, -0.05) is 16.8 Å². The third kappa shape index (κ3) is 2.60. The largest absolute Gasteiger partial charge is 0.364 e. The molecule has 3 heterocycles. The van der Waals surface area contributed by atoms with Crippen molar-refractivity contribution >= 4 is 28.8 Å². The van der Waals surface area contributed by atoms with E-state index < -0.39 is 5.91 Å². The molecule has 0 unspecified atom stereocenters. The predicted molar refractivity (Wildman–Crippen MR) is 81.7 cm³/mol. The summed E-state index contributed by atoms with van der Waals surface area (Å²) in [5.74, 6) is -0.542. The summed E-state index contributed by atoms with van der Waals surface area (Å²) in [5.41, 5.74) is 7.62. The Morgan fingerprint density at radius 3 is 2.86 bits per heavy atom. The summed E-state index contributed by atoms with van der Waals surface area (Å²) >= 11 is 7.56. The Morgan fingerprint density at radius 2 is 2.27 bits per heavy atom. The molecule has 0 aliphatic heterocycles. The van der Waals surface area contributed by atoms with Gasteiger partial charge in [-0.3, -0.25) is 9.48 Å². The SMILES string of the molecule is Cc1nn(C)c(Cl)c1-c1cn(Cc2nc(C(N)=O)cs2)nn1. The summed E-state index contributed by atoms with van der Waals surface area (Å²) in [6, 6.07) is 0. The van der Waals surface area contributed by atoms with Crippen molar-refractivity contribution in [3.05, 3.63) is 33.1 Å². The van der Waals surface area contributed by atoms with Crippen molar-refractivity contribution in [2.45, 2.75) is 13.5 Å². The molecule has 2 N–H and O–H groups in total. The molecule has 0 aromatic carbocycles. The van der Waals surface area contributed by atoms with Gasteiger partial charge < -0.3 is 5.73 Å². The number of aromatic nitrogens is 6. The van der Waals surface area contributed by atoms with E-state index in [1.165, 1.54) is 11.3 Å². The lowest BCUT2D eigenvalue weighted by atomic mass is 10.2. The van der Waals surface area contributed by atoms with Crippen LogP contribution < -0.4 is 5.73 Å². The first kappa shape index (κ1) is 14.7. The number of primary amides is 1. The number of amides is 1. The van der Waals surface area contributed by atoms with Crippen LogP contribution in [0.25, 0.3) is 11.3 Å². The van der Waals surface area contributed by atoms with Crippen molar-refractivity contribution in [1.29, 1.82) is 0 Å². The van der Waals surface area contributed by atoms with Gasteiger partial charge in [0.2, 0.25) is 0 Å². The molecule has 0 aliphatic carbocycles. The highest BCUT2D eigenvalue weighted by Crippen LogP contribution is 2.28. The molecule has 114 valence electrons. The smallest absolute Gasteiger partial charge is 0.268 e. The Balaban J connectivity index is 1.86. The number of hydrogen-bond acceptors (Lipinski definition) is 6. The van der Waals surface area contributed by atoms with Crippen molar-refractivity contribution in [3.8, 4) is 11.3 Å². The average molecular weight is 338 g/mol. The van der Waals surface area contributed by atoms with Crippen LogP contribution in [-0.4, -0.2) is 35.7 Å². The molecule has 3 rings (SSSR count). The van der Waals surface area contributed by atoms with Crippen LogP contribution in [0.2, 0.25) is 5.15 Å². The fourth-order valence-electron chi connectivity index (χ4n) is 2.05. The van der Waals surface area contributed by atoms with Crippen molar-refractivity contribution in [2.75, 3.05) is 0 Å². The first-order valence-electron chi connectivity index (χ1n) is 6.29. The summed E-state index contributed by atoms with van der Waals surface area (Å²) in [7, 11) is 1.77. The van der Waals surface area contributed by atoms with Crippen LogP contribution in [-0.2, 0) is 13.6 Å². The highest BCUT2D eigenvalue weighted by atomic mass is 35.5. The Labute approximate surface area is 134 Å². The van der Waals surface area contributed by atoms with Crippen molar-refractivity contribution in [1.82, 2.24) is 29.8 Å². The zero-order valence-corrected chi connectivity index (χ0v) is 13.4. The number of rotatable bonds is 4. The number of aryl methyl sites for hydroxylation is 2. The van der Waals surface area contributed by atoms with Crippen molar-refractivity contribution in [3.63, 3.8) is 0 Å². The van der Waals surface area contributed by atoms with E-state index in [4.69, 9.17) is 17.3 Å². The molecule has 0 fully saturated rings. The third-order valence-corrected chi connectivity index (χ3v) is 4.32. The van der Waals surface area contributed by atoms with Crippen LogP contribution >= 0.6 is 22.9 Å². The second-order valence-electron chi connectivity index (χ2n) is 4.67. The number of hydrogen-bond donors (Lipinski definition) is 1. The van der Waals surface area contributed by atoms with Crippen LogP contribution in [0.1, 0.15) is 21.2 Å². The molecule has 0 spiro atoms. The van der Waals surface area contributed by atoms with Crippen LogP contribution in [0.15, 0.2) is 11.6 Å². The van der Waals surface area contributed by atoms with Gasteiger partial charge in [-0.2, -0.15) is 5.10 Å². The molecule has 3 aromatic rings. The van der Waals surface area contributed by atoms with Crippen LogP contribution in [0.4, 0.5) is 0 Å². The molecule has 22 heavy (non-hydrogen) atoms. The van der Waals surface area contributed by atoms with Crippen LogP contribution in [0.5, 0.6) is 0 Å². The van der Waals surface area contributed by atoms with E-state index in [0.29, 0.717) is 17.4 Å². The molecule has 0 aliphatic rings. The summed E-state index contributed by atoms with van der Waals surface area (Å²) < 4.78 is 3.22. The fourth-order valence-corrected chi connectivity index (χ4v) is 3.09. The lowest BCUT2D eigenvalue weighted by molar-refractivity contribution is 0.0996. The summed E-state index contributed by atoms with van der Waals surface area (Å²) in [6.45, 7) is 2.27. The topological polar surface area (TPSA) is 105 Å². The van der Waals surface area contributed by atoms with E-state index in [1.54, 1.807) is 28.0 Å². The molecular weight excluding hydrogens is 326 g/mol. The van der Waals surface area contributed by atoms with Gasteiger partial charge >= 0.3 is 0 Å². The number of thiazole rings is 1. The second-order valence-corrected chi connectivity index (χ2v) is 5.97. The van der Waals surface area contributed by atoms with E-state index >= 15 is 0 Å². The first-order valence-corrected chi connectivity index (χ1v) is 7.55. The first-order chi connectivity index (χ1) is 10.5. The van der Waals surface area contributed by atoms with Gasteiger partial charge in [0.05, 0.1) is 24.0 Å². The monoisotopic (exact) mass is 337 g/mol. The van der Waals surface area contributed by atoms with E-state index in [1.807, 2.05) is 6.92 Å². The quantitative estimate of drug-likeness (QED) is 0.771. The highest BCUT2D eigenvalue weighted by Gasteiger charge is 2.17. The average Bonchev–Trinajstić information content (AvgIpc) is 3.13. The Hall–Kier alpha value is -2.26. The second kappa shape index (κ2) is 5.50. The third-order valence-electron chi connectivity index (χ3n) is 3.05. The number of carbonyl (C=O) groups excluding carboxylic acids is 1. The molecule has 8 nitrogen and oxygen atoms in total. The van der Waals surface area contributed by atoms with Gasteiger partial charge in [0, 0.05) is 12.4 Å². The van der Waals surface area contributed by atoms with Gasteiger partial charge in [0.1, 0.15) is 21.5 Å². The van der Waals surface area contributed by atoms with Gasteiger partial charge in [-0.05, 0) is 6.92 Å². The van der Waals surface area contributed by atoms with Gasteiger partial charge in [0.15, 0.2) is 0 Å². The van der Waals surface area contributed by atoms with E-state index in [9.17, 15) is 4.79 Å². The minimum Gasteiger partial charge on any atom is -0.364 e. The molecule has 0 atom stereocenters.